The summed E-state index contributed by atoms with van der Waals surface area (Å²) in [5.41, 5.74) is 3.08. The largest absolute Gasteiger partial charge is 0.493 e. The van der Waals surface area contributed by atoms with Crippen LogP contribution in [0.15, 0.2) is 55.1 Å². The van der Waals surface area contributed by atoms with E-state index in [1.807, 2.05) is 55.5 Å². The van der Waals surface area contributed by atoms with Gasteiger partial charge in [0.05, 0.1) is 18.1 Å². The predicted molar refractivity (Wildman–Crippen MR) is 92.0 cm³/mol. The molecule has 4 nitrogen and oxygen atoms in total. The van der Waals surface area contributed by atoms with E-state index in [2.05, 4.69) is 16.5 Å². The first-order valence-corrected chi connectivity index (χ1v) is 7.60. The number of nitrogens with one attached hydrogen (secondary N) is 1. The van der Waals surface area contributed by atoms with Gasteiger partial charge in [-0.05, 0) is 43.2 Å². The number of para-hydroxylation sites is 2. The maximum Gasteiger partial charge on any atom is 0.162 e. The van der Waals surface area contributed by atoms with E-state index in [0.29, 0.717) is 11.5 Å². The number of aromatic amines is 1. The van der Waals surface area contributed by atoms with Gasteiger partial charge in [0, 0.05) is 0 Å². The van der Waals surface area contributed by atoms with Crippen LogP contribution >= 0.6 is 0 Å². The van der Waals surface area contributed by atoms with E-state index in [0.717, 1.165) is 28.8 Å². The highest BCUT2D eigenvalue weighted by Gasteiger charge is 2.15. The van der Waals surface area contributed by atoms with Gasteiger partial charge in [-0.2, -0.15) is 0 Å². The number of imidazole rings is 1. The van der Waals surface area contributed by atoms with Gasteiger partial charge in [0.2, 0.25) is 0 Å². The van der Waals surface area contributed by atoms with Crippen LogP contribution in [0.4, 0.5) is 0 Å². The van der Waals surface area contributed by atoms with E-state index in [1.54, 1.807) is 7.11 Å². The molecule has 0 saturated carbocycles. The van der Waals surface area contributed by atoms with Crippen molar-refractivity contribution < 1.29 is 9.47 Å². The molecule has 118 valence electrons. The van der Waals surface area contributed by atoms with Crippen molar-refractivity contribution in [1.29, 1.82) is 0 Å². The van der Waals surface area contributed by atoms with E-state index >= 15 is 0 Å². The molecule has 3 aromatic rings. The van der Waals surface area contributed by atoms with Gasteiger partial charge in [-0.1, -0.05) is 24.3 Å². The average Bonchev–Trinajstić information content (AvgIpc) is 3.00. The fourth-order valence-electron chi connectivity index (χ4n) is 2.51. The molecule has 0 fully saturated rings. The van der Waals surface area contributed by atoms with Gasteiger partial charge in [0.15, 0.2) is 17.6 Å². The number of benzene rings is 2. The molecule has 1 atom stereocenters. The Balaban J connectivity index is 1.84. The monoisotopic (exact) mass is 308 g/mol. The van der Waals surface area contributed by atoms with E-state index < -0.39 is 0 Å². The number of hydrogen-bond acceptors (Lipinski definition) is 3. The van der Waals surface area contributed by atoms with Gasteiger partial charge in [-0.15, -0.1) is 6.58 Å². The lowest BCUT2D eigenvalue weighted by Crippen LogP contribution is -2.06. The summed E-state index contributed by atoms with van der Waals surface area (Å²) in [7, 11) is 1.64. The maximum atomic E-state index is 6.04. The minimum absolute atomic E-state index is 0.207. The summed E-state index contributed by atoms with van der Waals surface area (Å²) in [6.45, 7) is 5.73. The highest BCUT2D eigenvalue weighted by atomic mass is 16.5. The zero-order valence-corrected chi connectivity index (χ0v) is 13.4. The summed E-state index contributed by atoms with van der Waals surface area (Å²) in [4.78, 5) is 7.87. The van der Waals surface area contributed by atoms with Crippen LogP contribution in [0.5, 0.6) is 11.5 Å². The molecule has 0 saturated heterocycles. The number of rotatable bonds is 6. The van der Waals surface area contributed by atoms with Crippen LogP contribution in [0.3, 0.4) is 0 Å². The van der Waals surface area contributed by atoms with Crippen LogP contribution in [0.1, 0.15) is 24.4 Å². The minimum atomic E-state index is -0.207. The number of ether oxygens (including phenoxy) is 2. The Morgan fingerprint density at radius 3 is 2.78 bits per heavy atom. The van der Waals surface area contributed by atoms with Gasteiger partial charge in [-0.3, -0.25) is 0 Å². The van der Waals surface area contributed by atoms with E-state index in [-0.39, 0.29) is 6.10 Å². The average molecular weight is 308 g/mol. The van der Waals surface area contributed by atoms with Crippen LogP contribution in [-0.4, -0.2) is 17.1 Å². The van der Waals surface area contributed by atoms with Gasteiger partial charge in [0.1, 0.15) is 5.82 Å². The number of nitrogens with zero attached hydrogens (tertiary/aromatic N) is 1. The summed E-state index contributed by atoms with van der Waals surface area (Å²) in [5, 5.41) is 0. The van der Waals surface area contributed by atoms with Crippen LogP contribution in [-0.2, 0) is 6.42 Å². The fraction of sp³-hybridized carbons (Fsp3) is 0.211. The molecule has 0 radical (unpaired) electrons. The number of methoxy groups -OCH3 is 1. The number of fused-ring (bicyclic) bond motifs is 1. The summed E-state index contributed by atoms with van der Waals surface area (Å²) >= 11 is 0. The SMILES string of the molecule is C=CCc1ccc(O[C@@H](C)c2nc3ccccc3[nH]2)c(OC)c1. The second kappa shape index (κ2) is 6.57. The quantitative estimate of drug-likeness (QED) is 0.685. The van der Waals surface area contributed by atoms with Gasteiger partial charge in [-0.25, -0.2) is 4.98 Å². The minimum Gasteiger partial charge on any atom is -0.493 e. The zero-order chi connectivity index (χ0) is 16.2. The van der Waals surface area contributed by atoms with Crippen LogP contribution in [0, 0.1) is 0 Å². The third kappa shape index (κ3) is 3.21. The number of allylic oxidation sites excluding steroid dienone is 1. The van der Waals surface area contributed by atoms with Gasteiger partial charge >= 0.3 is 0 Å². The van der Waals surface area contributed by atoms with Crippen molar-refractivity contribution in [1.82, 2.24) is 9.97 Å². The Hall–Kier alpha value is -2.75. The Morgan fingerprint density at radius 1 is 1.22 bits per heavy atom. The predicted octanol–water partition coefficient (Wildman–Crippen LogP) is 4.44. The fourth-order valence-corrected chi connectivity index (χ4v) is 2.51. The highest BCUT2D eigenvalue weighted by molar-refractivity contribution is 5.74. The summed E-state index contributed by atoms with van der Waals surface area (Å²) in [6, 6.07) is 13.9. The third-order valence-electron chi connectivity index (χ3n) is 3.70. The van der Waals surface area contributed by atoms with E-state index in [1.165, 1.54) is 0 Å². The summed E-state index contributed by atoms with van der Waals surface area (Å²) < 4.78 is 11.5. The molecule has 0 unspecified atom stereocenters. The molecule has 4 heteroatoms. The van der Waals surface area contributed by atoms with Crippen molar-refractivity contribution in [2.75, 3.05) is 7.11 Å². The topological polar surface area (TPSA) is 47.1 Å². The first kappa shape index (κ1) is 15.2. The number of H-pyrrole nitrogens is 1. The van der Waals surface area contributed by atoms with E-state index in [9.17, 15) is 0 Å². The van der Waals surface area contributed by atoms with E-state index in [4.69, 9.17) is 9.47 Å². The smallest absolute Gasteiger partial charge is 0.162 e. The molecular formula is C19H20N2O2. The molecule has 0 spiro atoms. The van der Waals surface area contributed by atoms with Crippen molar-refractivity contribution >= 4 is 11.0 Å². The molecule has 0 bridgehead atoms. The molecule has 0 aliphatic rings. The Bertz CT molecular complexity index is 790. The zero-order valence-electron chi connectivity index (χ0n) is 13.4. The molecule has 0 aliphatic heterocycles. The maximum absolute atomic E-state index is 6.04. The Labute approximate surface area is 135 Å². The lowest BCUT2D eigenvalue weighted by Gasteiger charge is -2.16. The molecule has 2 aromatic carbocycles. The van der Waals surface area contributed by atoms with Crippen LogP contribution in [0.2, 0.25) is 0 Å². The molecular weight excluding hydrogens is 288 g/mol. The Kier molecular flexibility index (Phi) is 4.33. The Morgan fingerprint density at radius 2 is 2.04 bits per heavy atom. The number of aromatic nitrogens is 2. The van der Waals surface area contributed by atoms with Crippen molar-refractivity contribution in [3.05, 3.63) is 66.5 Å². The van der Waals surface area contributed by atoms with Gasteiger partial charge in [0.25, 0.3) is 0 Å². The molecule has 23 heavy (non-hydrogen) atoms. The van der Waals surface area contributed by atoms with Crippen molar-refractivity contribution in [2.24, 2.45) is 0 Å². The molecule has 0 amide bonds. The second-order valence-corrected chi connectivity index (χ2v) is 5.38. The third-order valence-corrected chi connectivity index (χ3v) is 3.70. The molecule has 1 aromatic heterocycles. The summed E-state index contributed by atoms with van der Waals surface area (Å²) in [6.07, 6.45) is 2.46. The molecule has 1 heterocycles. The molecule has 3 rings (SSSR count). The van der Waals surface area contributed by atoms with Crippen molar-refractivity contribution in [3.63, 3.8) is 0 Å². The normalized spacial score (nSPS) is 12.1. The summed E-state index contributed by atoms with van der Waals surface area (Å²) in [5.74, 6) is 2.21. The molecule has 1 N–H and O–H groups in total. The number of hydrogen-bond donors (Lipinski definition) is 1. The van der Waals surface area contributed by atoms with Crippen LogP contribution in [0.25, 0.3) is 11.0 Å². The first-order valence-electron chi connectivity index (χ1n) is 7.60. The van der Waals surface area contributed by atoms with Crippen LogP contribution < -0.4 is 9.47 Å². The van der Waals surface area contributed by atoms with Gasteiger partial charge < -0.3 is 14.5 Å². The molecule has 0 aliphatic carbocycles. The lowest BCUT2D eigenvalue weighted by atomic mass is 10.1. The standard InChI is InChI=1S/C19H20N2O2/c1-4-7-14-10-11-17(18(12-14)22-3)23-13(2)19-20-15-8-5-6-9-16(15)21-19/h4-6,8-13H,1,7H2,2-3H3,(H,20,21)/t13-/m0/s1. The first-order chi connectivity index (χ1) is 11.2. The lowest BCUT2D eigenvalue weighted by molar-refractivity contribution is 0.208. The highest BCUT2D eigenvalue weighted by Crippen LogP contribution is 2.32. The van der Waals surface area contributed by atoms with Crippen molar-refractivity contribution in [2.45, 2.75) is 19.4 Å². The van der Waals surface area contributed by atoms with Crippen molar-refractivity contribution in [3.8, 4) is 11.5 Å². The second-order valence-electron chi connectivity index (χ2n) is 5.38.